The first-order chi connectivity index (χ1) is 17.5. The third kappa shape index (κ3) is 4.57. The molecule has 0 bridgehead atoms. The fourth-order valence-corrected chi connectivity index (χ4v) is 4.32. The maximum Gasteiger partial charge on any atom is 0.264 e. The maximum atomic E-state index is 13.7. The summed E-state index contributed by atoms with van der Waals surface area (Å²) in [4.78, 5) is 22.8. The molecule has 0 saturated heterocycles. The van der Waals surface area contributed by atoms with Crippen molar-refractivity contribution in [2.45, 2.75) is 39.5 Å². The number of hydrogen-bond acceptors (Lipinski definition) is 7. The number of tetrazole rings is 1. The Morgan fingerprint density at radius 3 is 2.47 bits per heavy atom. The van der Waals surface area contributed by atoms with Crippen molar-refractivity contribution in [3.8, 4) is 28.5 Å². The van der Waals surface area contributed by atoms with Gasteiger partial charge in [-0.25, -0.2) is 9.55 Å². The van der Waals surface area contributed by atoms with Gasteiger partial charge in [0.05, 0.1) is 5.69 Å². The van der Waals surface area contributed by atoms with Crippen LogP contribution >= 0.6 is 0 Å². The molecule has 5 aromatic rings. The first-order valence-corrected chi connectivity index (χ1v) is 11.9. The highest BCUT2D eigenvalue weighted by Crippen LogP contribution is 2.30. The number of H-pyrrole nitrogens is 1. The summed E-state index contributed by atoms with van der Waals surface area (Å²) in [5, 5.41) is 18.8. The van der Waals surface area contributed by atoms with Crippen LogP contribution in [0.2, 0.25) is 0 Å². The predicted molar refractivity (Wildman–Crippen MR) is 136 cm³/mol. The Morgan fingerprint density at radius 2 is 1.81 bits per heavy atom. The van der Waals surface area contributed by atoms with Crippen LogP contribution in [-0.2, 0) is 19.9 Å². The van der Waals surface area contributed by atoms with Crippen LogP contribution in [0, 0.1) is 6.92 Å². The zero-order valence-electron chi connectivity index (χ0n) is 20.5. The molecule has 0 aliphatic carbocycles. The van der Waals surface area contributed by atoms with Crippen LogP contribution in [0.15, 0.2) is 59.7 Å². The van der Waals surface area contributed by atoms with E-state index in [0.717, 1.165) is 47.2 Å². The molecular formula is C26H27N9O. The lowest BCUT2D eigenvalue weighted by Gasteiger charge is -2.14. The second-order valence-corrected chi connectivity index (χ2v) is 8.70. The molecule has 36 heavy (non-hydrogen) atoms. The van der Waals surface area contributed by atoms with Crippen LogP contribution in [0.4, 0.5) is 0 Å². The molecular weight excluding hydrogens is 454 g/mol. The molecule has 0 amide bonds. The summed E-state index contributed by atoms with van der Waals surface area (Å²) in [5.41, 5.74) is 5.37. The summed E-state index contributed by atoms with van der Waals surface area (Å²) in [7, 11) is 1.78. The molecule has 0 fully saturated rings. The molecule has 182 valence electrons. The van der Waals surface area contributed by atoms with Crippen LogP contribution < -0.4 is 5.56 Å². The van der Waals surface area contributed by atoms with E-state index in [4.69, 9.17) is 4.98 Å². The molecule has 0 spiro atoms. The van der Waals surface area contributed by atoms with Gasteiger partial charge < -0.3 is 0 Å². The van der Waals surface area contributed by atoms with Gasteiger partial charge in [-0.2, -0.15) is 10.2 Å². The number of aromatic nitrogens is 9. The van der Waals surface area contributed by atoms with Gasteiger partial charge in [0.2, 0.25) is 5.82 Å². The van der Waals surface area contributed by atoms with Gasteiger partial charge in [-0.05, 0) is 41.7 Å². The molecule has 3 heterocycles. The van der Waals surface area contributed by atoms with E-state index in [0.29, 0.717) is 29.6 Å². The average molecular weight is 482 g/mol. The fourth-order valence-electron chi connectivity index (χ4n) is 4.32. The average Bonchev–Trinajstić information content (AvgIpc) is 3.57. The summed E-state index contributed by atoms with van der Waals surface area (Å²) in [6.07, 6.45) is 4.81. The Balaban J connectivity index is 1.51. The Bertz CT molecular complexity index is 1530. The van der Waals surface area contributed by atoms with Crippen molar-refractivity contribution < 1.29 is 0 Å². The van der Waals surface area contributed by atoms with Crippen molar-refractivity contribution in [2.24, 2.45) is 7.05 Å². The highest BCUT2D eigenvalue weighted by molar-refractivity contribution is 5.80. The highest BCUT2D eigenvalue weighted by atomic mass is 16.1. The van der Waals surface area contributed by atoms with Gasteiger partial charge in [-0.1, -0.05) is 61.9 Å². The molecule has 10 heteroatoms. The van der Waals surface area contributed by atoms with Crippen molar-refractivity contribution in [3.05, 3.63) is 87.9 Å². The molecule has 0 saturated carbocycles. The van der Waals surface area contributed by atoms with Crippen molar-refractivity contribution in [1.29, 1.82) is 0 Å². The molecule has 10 nitrogen and oxygen atoms in total. The summed E-state index contributed by atoms with van der Waals surface area (Å²) in [6, 6.07) is 16.2. The molecule has 0 unspecified atom stereocenters. The number of unbranched alkanes of at least 4 members (excludes halogenated alkanes) is 1. The normalized spacial score (nSPS) is 11.2. The van der Waals surface area contributed by atoms with E-state index in [-0.39, 0.29) is 5.56 Å². The molecule has 0 aliphatic rings. The molecule has 5 rings (SSSR count). The summed E-state index contributed by atoms with van der Waals surface area (Å²) >= 11 is 0. The van der Waals surface area contributed by atoms with Gasteiger partial charge in [-0.15, -0.1) is 15.3 Å². The van der Waals surface area contributed by atoms with Crippen molar-refractivity contribution in [3.63, 3.8) is 0 Å². The molecule has 3 aromatic heterocycles. The number of benzene rings is 2. The first-order valence-electron chi connectivity index (χ1n) is 11.9. The van der Waals surface area contributed by atoms with Crippen molar-refractivity contribution in [1.82, 2.24) is 44.9 Å². The number of rotatable bonds is 8. The molecule has 0 atom stereocenters. The highest BCUT2D eigenvalue weighted by Gasteiger charge is 2.18. The second-order valence-electron chi connectivity index (χ2n) is 8.70. The lowest BCUT2D eigenvalue weighted by molar-refractivity contribution is 0.706. The monoisotopic (exact) mass is 481 g/mol. The number of nitrogens with zero attached hydrogens (tertiary/aromatic N) is 8. The number of hydrogen-bond donors (Lipinski definition) is 1. The minimum Gasteiger partial charge on any atom is -0.268 e. The topological polar surface area (TPSA) is 120 Å². The SMILES string of the molecule is CCCCc1nc(C)n(-c2ncn(C)n2)c(=O)c1Cc1ccc(-c2ccccc2-c2nn[nH]n2)cc1. The van der Waals surface area contributed by atoms with Gasteiger partial charge in [0.25, 0.3) is 11.5 Å². The molecule has 0 radical (unpaired) electrons. The van der Waals surface area contributed by atoms with Gasteiger partial charge in [0.1, 0.15) is 12.2 Å². The smallest absolute Gasteiger partial charge is 0.264 e. The van der Waals surface area contributed by atoms with Gasteiger partial charge in [0, 0.05) is 24.6 Å². The van der Waals surface area contributed by atoms with E-state index in [2.05, 4.69) is 61.9 Å². The second kappa shape index (κ2) is 10.0. The van der Waals surface area contributed by atoms with E-state index in [1.54, 1.807) is 18.1 Å². The van der Waals surface area contributed by atoms with Crippen LogP contribution in [0.25, 0.3) is 28.5 Å². The third-order valence-corrected chi connectivity index (χ3v) is 6.14. The first kappa shape index (κ1) is 23.3. The number of aromatic amines is 1. The fraction of sp³-hybridized carbons (Fsp3) is 0.269. The Labute approximate surface area is 208 Å². The zero-order chi connectivity index (χ0) is 25.1. The summed E-state index contributed by atoms with van der Waals surface area (Å²) < 4.78 is 3.08. The van der Waals surface area contributed by atoms with E-state index in [1.165, 1.54) is 4.57 Å². The quantitative estimate of drug-likeness (QED) is 0.360. The van der Waals surface area contributed by atoms with Crippen molar-refractivity contribution >= 4 is 0 Å². The van der Waals surface area contributed by atoms with Crippen LogP contribution in [0.5, 0.6) is 0 Å². The lowest BCUT2D eigenvalue weighted by atomic mass is 9.96. The van der Waals surface area contributed by atoms with E-state index in [1.807, 2.05) is 31.2 Å². The van der Waals surface area contributed by atoms with Crippen LogP contribution in [-0.4, -0.2) is 44.9 Å². The van der Waals surface area contributed by atoms with E-state index < -0.39 is 0 Å². The standard InChI is InChI=1S/C26H27N9O/c1-4-5-10-23-22(25(36)35(17(2)28-23)26-27-16-34(3)31-26)15-18-11-13-19(14-12-18)20-8-6-7-9-21(20)24-29-32-33-30-24/h6-9,11-14,16H,4-5,10,15H2,1-3H3,(H,29,30,32,33). The third-order valence-electron chi connectivity index (χ3n) is 6.14. The largest absolute Gasteiger partial charge is 0.268 e. The van der Waals surface area contributed by atoms with Crippen molar-refractivity contribution in [2.75, 3.05) is 0 Å². The van der Waals surface area contributed by atoms with Gasteiger partial charge >= 0.3 is 0 Å². The maximum absolute atomic E-state index is 13.7. The van der Waals surface area contributed by atoms with E-state index in [9.17, 15) is 4.79 Å². The Hall–Kier alpha value is -4.47. The summed E-state index contributed by atoms with van der Waals surface area (Å²) in [5.74, 6) is 1.48. The minimum absolute atomic E-state index is 0.119. The summed E-state index contributed by atoms with van der Waals surface area (Å²) in [6.45, 7) is 3.96. The predicted octanol–water partition coefficient (Wildman–Crippen LogP) is 3.45. The van der Waals surface area contributed by atoms with Gasteiger partial charge in [0.15, 0.2) is 0 Å². The minimum atomic E-state index is -0.119. The molecule has 0 aliphatic heterocycles. The Morgan fingerprint density at radius 1 is 1.03 bits per heavy atom. The van der Waals surface area contributed by atoms with Crippen LogP contribution in [0.1, 0.15) is 42.4 Å². The van der Waals surface area contributed by atoms with E-state index >= 15 is 0 Å². The number of nitrogens with one attached hydrogen (secondary N) is 1. The zero-order valence-corrected chi connectivity index (χ0v) is 20.5. The number of aryl methyl sites for hydroxylation is 3. The molecule has 1 N–H and O–H groups in total. The Kier molecular flexibility index (Phi) is 6.48. The molecule has 2 aromatic carbocycles. The van der Waals surface area contributed by atoms with Gasteiger partial charge in [-0.3, -0.25) is 9.48 Å². The van der Waals surface area contributed by atoms with Crippen LogP contribution in [0.3, 0.4) is 0 Å². The lowest BCUT2D eigenvalue weighted by Crippen LogP contribution is -2.29.